The molecule has 5 nitrogen and oxygen atoms in total. The summed E-state index contributed by atoms with van der Waals surface area (Å²) >= 11 is 0. The second kappa shape index (κ2) is 5.69. The fourth-order valence-electron chi connectivity index (χ4n) is 2.65. The van der Waals surface area contributed by atoms with Crippen LogP contribution in [0.25, 0.3) is 11.3 Å². The highest BCUT2D eigenvalue weighted by Gasteiger charge is 2.28. The number of aryl methyl sites for hydroxylation is 1. The van der Waals surface area contributed by atoms with Crippen LogP contribution in [0.3, 0.4) is 0 Å². The summed E-state index contributed by atoms with van der Waals surface area (Å²) in [5, 5.41) is 13.1. The van der Waals surface area contributed by atoms with E-state index in [1.54, 1.807) is 0 Å². The van der Waals surface area contributed by atoms with E-state index >= 15 is 0 Å². The van der Waals surface area contributed by atoms with Gasteiger partial charge in [-0.05, 0) is 19.9 Å². The third kappa shape index (κ3) is 3.13. The summed E-state index contributed by atoms with van der Waals surface area (Å²) < 4.78 is 5.37. The van der Waals surface area contributed by atoms with Crippen molar-refractivity contribution in [3.05, 3.63) is 41.7 Å². The number of benzene rings is 1. The Labute approximate surface area is 123 Å². The average molecular weight is 286 g/mol. The minimum atomic E-state index is -0.713. The first-order chi connectivity index (χ1) is 10.1. The van der Waals surface area contributed by atoms with E-state index in [4.69, 9.17) is 9.63 Å². The van der Waals surface area contributed by atoms with Gasteiger partial charge in [0.25, 0.3) is 0 Å². The number of nitrogens with zero attached hydrogens (tertiary/aromatic N) is 2. The lowest BCUT2D eigenvalue weighted by Crippen LogP contribution is -2.22. The summed E-state index contributed by atoms with van der Waals surface area (Å²) in [5.41, 5.74) is 3.05. The zero-order valence-corrected chi connectivity index (χ0v) is 12.0. The third-order valence-corrected chi connectivity index (χ3v) is 3.91. The summed E-state index contributed by atoms with van der Waals surface area (Å²) in [6, 6.07) is 10.1. The molecule has 0 bridgehead atoms. The van der Waals surface area contributed by atoms with E-state index < -0.39 is 5.97 Å². The largest absolute Gasteiger partial charge is 0.481 e. The van der Waals surface area contributed by atoms with Gasteiger partial charge in [-0.1, -0.05) is 35.0 Å². The molecule has 1 saturated heterocycles. The van der Waals surface area contributed by atoms with E-state index in [2.05, 4.69) is 10.1 Å². The lowest BCUT2D eigenvalue weighted by Gasteiger charge is -2.11. The number of aromatic nitrogens is 1. The van der Waals surface area contributed by atoms with Crippen molar-refractivity contribution in [3.63, 3.8) is 0 Å². The van der Waals surface area contributed by atoms with Crippen LogP contribution in [0.4, 0.5) is 0 Å². The van der Waals surface area contributed by atoms with Crippen LogP contribution in [-0.2, 0) is 11.3 Å². The van der Waals surface area contributed by atoms with E-state index in [0.29, 0.717) is 19.5 Å². The molecule has 1 N–H and O–H groups in total. The number of hydrogen-bond acceptors (Lipinski definition) is 4. The molecule has 0 spiro atoms. The van der Waals surface area contributed by atoms with Crippen LogP contribution < -0.4 is 0 Å². The van der Waals surface area contributed by atoms with Crippen LogP contribution in [0.5, 0.6) is 0 Å². The minimum Gasteiger partial charge on any atom is -0.481 e. The Morgan fingerprint density at radius 3 is 2.86 bits per heavy atom. The van der Waals surface area contributed by atoms with Crippen molar-refractivity contribution in [1.29, 1.82) is 0 Å². The fraction of sp³-hybridized carbons (Fsp3) is 0.375. The van der Waals surface area contributed by atoms with Crippen molar-refractivity contribution in [2.75, 3.05) is 13.1 Å². The van der Waals surface area contributed by atoms with E-state index in [0.717, 1.165) is 23.6 Å². The SMILES string of the molecule is Cc1ccc(-c2cc(CN3CC[C@@H](C(=O)O)C3)on2)cc1. The van der Waals surface area contributed by atoms with Gasteiger partial charge in [-0.2, -0.15) is 0 Å². The van der Waals surface area contributed by atoms with Crippen molar-refractivity contribution in [1.82, 2.24) is 10.1 Å². The Morgan fingerprint density at radius 2 is 2.19 bits per heavy atom. The summed E-state index contributed by atoms with van der Waals surface area (Å²) in [6.07, 6.45) is 0.703. The van der Waals surface area contributed by atoms with Crippen LogP contribution in [0.1, 0.15) is 17.7 Å². The highest BCUT2D eigenvalue weighted by molar-refractivity contribution is 5.70. The second-order valence-electron chi connectivity index (χ2n) is 5.60. The first-order valence-corrected chi connectivity index (χ1v) is 7.09. The Kier molecular flexibility index (Phi) is 3.75. The lowest BCUT2D eigenvalue weighted by molar-refractivity contribution is -0.141. The predicted octanol–water partition coefficient (Wildman–Crippen LogP) is 2.56. The first-order valence-electron chi connectivity index (χ1n) is 7.09. The summed E-state index contributed by atoms with van der Waals surface area (Å²) in [4.78, 5) is 13.0. The smallest absolute Gasteiger partial charge is 0.307 e. The summed E-state index contributed by atoms with van der Waals surface area (Å²) in [5.74, 6) is -0.198. The zero-order valence-electron chi connectivity index (χ0n) is 12.0. The molecule has 21 heavy (non-hydrogen) atoms. The second-order valence-corrected chi connectivity index (χ2v) is 5.60. The topological polar surface area (TPSA) is 66.6 Å². The highest BCUT2D eigenvalue weighted by Crippen LogP contribution is 2.23. The van der Waals surface area contributed by atoms with E-state index in [1.807, 2.05) is 37.3 Å². The minimum absolute atomic E-state index is 0.260. The Balaban J connectivity index is 1.66. The maximum absolute atomic E-state index is 11.0. The van der Waals surface area contributed by atoms with Gasteiger partial charge in [0.2, 0.25) is 0 Å². The number of carboxylic acids is 1. The molecule has 0 aliphatic carbocycles. The lowest BCUT2D eigenvalue weighted by atomic mass is 10.1. The molecule has 1 aliphatic rings. The molecule has 0 amide bonds. The Bertz CT molecular complexity index is 633. The third-order valence-electron chi connectivity index (χ3n) is 3.91. The van der Waals surface area contributed by atoms with Gasteiger partial charge in [-0.15, -0.1) is 0 Å². The maximum atomic E-state index is 11.0. The van der Waals surface area contributed by atoms with Crippen molar-refractivity contribution < 1.29 is 14.4 Å². The van der Waals surface area contributed by atoms with E-state index in [1.165, 1.54) is 5.56 Å². The van der Waals surface area contributed by atoms with Gasteiger partial charge in [0.1, 0.15) is 5.69 Å². The maximum Gasteiger partial charge on any atom is 0.307 e. The molecule has 110 valence electrons. The summed E-state index contributed by atoms with van der Waals surface area (Å²) in [6.45, 7) is 4.03. The van der Waals surface area contributed by atoms with Crippen molar-refractivity contribution in [3.8, 4) is 11.3 Å². The van der Waals surface area contributed by atoms with Crippen LogP contribution in [-0.4, -0.2) is 34.2 Å². The monoisotopic (exact) mass is 286 g/mol. The van der Waals surface area contributed by atoms with Crippen molar-refractivity contribution in [2.24, 2.45) is 5.92 Å². The van der Waals surface area contributed by atoms with Crippen molar-refractivity contribution >= 4 is 5.97 Å². The number of carbonyl (C=O) groups is 1. The molecule has 1 aliphatic heterocycles. The molecule has 0 unspecified atom stereocenters. The summed E-state index contributed by atoms with van der Waals surface area (Å²) in [7, 11) is 0. The van der Waals surface area contributed by atoms with Crippen LogP contribution in [0, 0.1) is 12.8 Å². The number of hydrogen-bond donors (Lipinski definition) is 1. The van der Waals surface area contributed by atoms with Crippen LogP contribution in [0.15, 0.2) is 34.9 Å². The molecule has 3 rings (SSSR count). The highest BCUT2D eigenvalue weighted by atomic mass is 16.5. The Hall–Kier alpha value is -2.14. The Morgan fingerprint density at radius 1 is 1.43 bits per heavy atom. The zero-order chi connectivity index (χ0) is 14.8. The molecule has 2 aromatic rings. The molecule has 5 heteroatoms. The number of carboxylic acid groups (broad SMARTS) is 1. The average Bonchev–Trinajstić information content (AvgIpc) is 3.10. The van der Waals surface area contributed by atoms with E-state index in [9.17, 15) is 4.79 Å². The quantitative estimate of drug-likeness (QED) is 0.935. The van der Waals surface area contributed by atoms with Gasteiger partial charge in [0, 0.05) is 18.2 Å². The molecule has 1 fully saturated rings. The van der Waals surface area contributed by atoms with Gasteiger partial charge < -0.3 is 9.63 Å². The van der Waals surface area contributed by atoms with Gasteiger partial charge >= 0.3 is 5.97 Å². The molecule has 1 aromatic carbocycles. The van der Waals surface area contributed by atoms with Gasteiger partial charge in [-0.3, -0.25) is 9.69 Å². The number of rotatable bonds is 4. The first kappa shape index (κ1) is 13.8. The van der Waals surface area contributed by atoms with Crippen LogP contribution >= 0.6 is 0 Å². The van der Waals surface area contributed by atoms with Crippen molar-refractivity contribution in [2.45, 2.75) is 19.9 Å². The molecule has 2 heterocycles. The number of likely N-dealkylation sites (tertiary alicyclic amines) is 1. The molecule has 1 atom stereocenters. The molecule has 1 aromatic heterocycles. The molecule has 0 radical (unpaired) electrons. The van der Waals surface area contributed by atoms with Gasteiger partial charge in [-0.25, -0.2) is 0 Å². The fourth-order valence-corrected chi connectivity index (χ4v) is 2.65. The number of aliphatic carboxylic acids is 1. The normalized spacial score (nSPS) is 19.0. The van der Waals surface area contributed by atoms with E-state index in [-0.39, 0.29) is 5.92 Å². The van der Waals surface area contributed by atoms with Gasteiger partial charge in [0.15, 0.2) is 5.76 Å². The van der Waals surface area contributed by atoms with Crippen LogP contribution in [0.2, 0.25) is 0 Å². The standard InChI is InChI=1S/C16H18N2O3/c1-11-2-4-12(5-3-11)15-8-14(21-17-15)10-18-7-6-13(9-18)16(19)20/h2-5,8,13H,6-7,9-10H2,1H3,(H,19,20)/t13-/m1/s1. The molecular weight excluding hydrogens is 268 g/mol. The molecule has 0 saturated carbocycles. The predicted molar refractivity (Wildman–Crippen MR) is 77.7 cm³/mol. The molecular formula is C16H18N2O3. The van der Waals surface area contributed by atoms with Gasteiger partial charge in [0.05, 0.1) is 12.5 Å².